The number of thioether (sulfide) groups is 1. The zero-order valence-electron chi connectivity index (χ0n) is 17.0. The highest BCUT2D eigenvalue weighted by Gasteiger charge is 2.38. The van der Waals surface area contributed by atoms with Gasteiger partial charge in [0.25, 0.3) is 0 Å². The van der Waals surface area contributed by atoms with Gasteiger partial charge in [-0.15, -0.1) is 0 Å². The fourth-order valence-electron chi connectivity index (χ4n) is 3.95. The van der Waals surface area contributed by atoms with Gasteiger partial charge in [0.15, 0.2) is 5.96 Å². The van der Waals surface area contributed by atoms with Gasteiger partial charge in [0.1, 0.15) is 0 Å². The first-order valence-electron chi connectivity index (χ1n) is 9.93. The van der Waals surface area contributed by atoms with E-state index in [1.165, 1.54) is 56.7 Å². The number of hydrogen-bond acceptors (Lipinski definition) is 4. The van der Waals surface area contributed by atoms with Gasteiger partial charge in [0, 0.05) is 49.3 Å². The smallest absolute Gasteiger partial charge is 0.239 e. The minimum atomic E-state index is -0.214. The number of guanidine groups is 1. The molecule has 1 heterocycles. The van der Waals surface area contributed by atoms with Crippen LogP contribution in [0.15, 0.2) is 4.99 Å². The quantitative estimate of drug-likeness (QED) is 0.499. The summed E-state index contributed by atoms with van der Waals surface area (Å²) in [6.45, 7) is 9.48. The lowest BCUT2D eigenvalue weighted by Gasteiger charge is -2.48. The Bertz CT molecular complexity index is 477. The number of nitrogens with zero attached hydrogens (tertiary/aromatic N) is 2. The molecule has 6 nitrogen and oxygen atoms in total. The Morgan fingerprint density at radius 1 is 1.12 bits per heavy atom. The second kappa shape index (κ2) is 9.83. The van der Waals surface area contributed by atoms with Crippen molar-refractivity contribution in [3.8, 4) is 0 Å². The SMILES string of the molecule is CN=C(NCC(=O)NC(C)(C)C)NCC1(N2CCSCC2)CCCCC1. The van der Waals surface area contributed by atoms with E-state index in [1.54, 1.807) is 7.05 Å². The maximum Gasteiger partial charge on any atom is 0.239 e. The third-order valence-corrected chi connectivity index (χ3v) is 6.15. The largest absolute Gasteiger partial charge is 0.355 e. The van der Waals surface area contributed by atoms with Gasteiger partial charge in [-0.25, -0.2) is 0 Å². The van der Waals surface area contributed by atoms with Crippen LogP contribution in [0.4, 0.5) is 0 Å². The molecule has 2 aliphatic rings. The molecule has 1 saturated carbocycles. The molecule has 1 aliphatic carbocycles. The van der Waals surface area contributed by atoms with Crippen molar-refractivity contribution < 1.29 is 4.79 Å². The molecule has 1 aliphatic heterocycles. The number of amides is 1. The third-order valence-electron chi connectivity index (χ3n) is 5.21. The van der Waals surface area contributed by atoms with E-state index < -0.39 is 0 Å². The number of nitrogens with one attached hydrogen (secondary N) is 3. The van der Waals surface area contributed by atoms with E-state index in [1.807, 2.05) is 20.8 Å². The standard InChI is InChI=1S/C19H37N5OS/c1-18(2,3)23-16(25)14-21-17(20-4)22-15-19(8-6-5-7-9-19)24-10-12-26-13-11-24/h5-15H2,1-4H3,(H,23,25)(H2,20,21,22). The van der Waals surface area contributed by atoms with E-state index >= 15 is 0 Å². The van der Waals surface area contributed by atoms with Gasteiger partial charge in [0.05, 0.1) is 6.54 Å². The molecule has 1 amide bonds. The van der Waals surface area contributed by atoms with Crippen molar-refractivity contribution in [2.45, 2.75) is 64.0 Å². The summed E-state index contributed by atoms with van der Waals surface area (Å²) in [7, 11) is 1.77. The predicted molar refractivity (Wildman–Crippen MR) is 112 cm³/mol. The Morgan fingerprint density at radius 3 is 2.35 bits per heavy atom. The number of carbonyl (C=O) groups excluding carboxylic acids is 1. The van der Waals surface area contributed by atoms with Gasteiger partial charge >= 0.3 is 0 Å². The van der Waals surface area contributed by atoms with E-state index in [-0.39, 0.29) is 23.5 Å². The lowest BCUT2D eigenvalue weighted by Crippen LogP contribution is -2.60. The van der Waals surface area contributed by atoms with Crippen molar-refractivity contribution in [1.82, 2.24) is 20.9 Å². The summed E-state index contributed by atoms with van der Waals surface area (Å²) in [5, 5.41) is 9.63. The van der Waals surface area contributed by atoms with Crippen LogP contribution >= 0.6 is 11.8 Å². The van der Waals surface area contributed by atoms with Crippen molar-refractivity contribution in [2.24, 2.45) is 4.99 Å². The van der Waals surface area contributed by atoms with Crippen molar-refractivity contribution >= 4 is 23.6 Å². The molecule has 0 radical (unpaired) electrons. The Morgan fingerprint density at radius 2 is 1.77 bits per heavy atom. The zero-order chi connectivity index (χ0) is 19.0. The Hall–Kier alpha value is -0.950. The average molecular weight is 384 g/mol. The van der Waals surface area contributed by atoms with Gasteiger partial charge in [-0.3, -0.25) is 14.7 Å². The lowest BCUT2D eigenvalue weighted by atomic mass is 9.80. The molecule has 0 unspecified atom stereocenters. The Labute approximate surface area is 163 Å². The van der Waals surface area contributed by atoms with Crippen molar-refractivity contribution in [1.29, 1.82) is 0 Å². The summed E-state index contributed by atoms with van der Waals surface area (Å²) < 4.78 is 0. The highest BCUT2D eigenvalue weighted by atomic mass is 32.2. The summed E-state index contributed by atoms with van der Waals surface area (Å²) in [5.41, 5.74) is 0.0264. The van der Waals surface area contributed by atoms with Gasteiger partial charge in [-0.05, 0) is 33.6 Å². The molecule has 150 valence electrons. The highest BCUT2D eigenvalue weighted by molar-refractivity contribution is 7.99. The third kappa shape index (κ3) is 6.65. The van der Waals surface area contributed by atoms with E-state index in [0.29, 0.717) is 5.96 Å². The maximum absolute atomic E-state index is 12.0. The maximum atomic E-state index is 12.0. The molecule has 1 saturated heterocycles. The zero-order valence-corrected chi connectivity index (χ0v) is 17.8. The van der Waals surface area contributed by atoms with Crippen LogP contribution in [0.5, 0.6) is 0 Å². The number of rotatable bonds is 5. The molecule has 2 rings (SSSR count). The summed E-state index contributed by atoms with van der Waals surface area (Å²) in [6, 6.07) is 0. The number of hydrogen-bond donors (Lipinski definition) is 3. The molecule has 0 aromatic heterocycles. The topological polar surface area (TPSA) is 68.8 Å². The fraction of sp³-hybridized carbons (Fsp3) is 0.895. The minimum absolute atomic E-state index is 0.0131. The monoisotopic (exact) mass is 383 g/mol. The van der Waals surface area contributed by atoms with Gasteiger partial charge in [-0.2, -0.15) is 11.8 Å². The van der Waals surface area contributed by atoms with Crippen LogP contribution in [0.25, 0.3) is 0 Å². The molecule has 2 fully saturated rings. The molecular weight excluding hydrogens is 346 g/mol. The van der Waals surface area contributed by atoms with Crippen molar-refractivity contribution in [3.05, 3.63) is 0 Å². The van der Waals surface area contributed by atoms with E-state index in [2.05, 4.69) is 37.6 Å². The van der Waals surface area contributed by atoms with Gasteiger partial charge < -0.3 is 16.0 Å². The van der Waals surface area contributed by atoms with Crippen LogP contribution in [-0.2, 0) is 4.79 Å². The van der Waals surface area contributed by atoms with Gasteiger partial charge in [-0.1, -0.05) is 19.3 Å². The minimum Gasteiger partial charge on any atom is -0.355 e. The normalized spacial score (nSPS) is 21.9. The second-order valence-electron chi connectivity index (χ2n) is 8.46. The average Bonchev–Trinajstić information content (AvgIpc) is 2.62. The molecule has 26 heavy (non-hydrogen) atoms. The second-order valence-corrected chi connectivity index (χ2v) is 9.69. The van der Waals surface area contributed by atoms with Gasteiger partial charge in [0.2, 0.25) is 5.91 Å². The molecule has 0 spiro atoms. The van der Waals surface area contributed by atoms with E-state index in [4.69, 9.17) is 0 Å². The molecule has 3 N–H and O–H groups in total. The first kappa shape index (κ1) is 21.4. The van der Waals surface area contributed by atoms with Crippen LogP contribution in [-0.4, -0.2) is 72.6 Å². The molecular formula is C19H37N5OS. The molecule has 0 aromatic rings. The van der Waals surface area contributed by atoms with Crippen molar-refractivity contribution in [3.63, 3.8) is 0 Å². The van der Waals surface area contributed by atoms with E-state index in [9.17, 15) is 4.79 Å². The van der Waals surface area contributed by atoms with Crippen LogP contribution < -0.4 is 16.0 Å². The molecule has 0 bridgehead atoms. The molecule has 0 aromatic carbocycles. The van der Waals surface area contributed by atoms with Crippen LogP contribution in [0.3, 0.4) is 0 Å². The summed E-state index contributed by atoms with van der Waals surface area (Å²) in [5.74, 6) is 3.18. The fourth-order valence-corrected chi connectivity index (χ4v) is 4.85. The number of aliphatic imine (C=N–C) groups is 1. The van der Waals surface area contributed by atoms with E-state index in [0.717, 1.165) is 6.54 Å². The first-order chi connectivity index (χ1) is 12.3. The summed E-state index contributed by atoms with van der Waals surface area (Å²) in [4.78, 5) is 19.0. The highest BCUT2D eigenvalue weighted by Crippen LogP contribution is 2.34. The van der Waals surface area contributed by atoms with Crippen LogP contribution in [0.1, 0.15) is 52.9 Å². The van der Waals surface area contributed by atoms with Crippen LogP contribution in [0.2, 0.25) is 0 Å². The predicted octanol–water partition coefficient (Wildman–Crippen LogP) is 1.82. The first-order valence-corrected chi connectivity index (χ1v) is 11.1. The Balaban J connectivity index is 1.88. The number of carbonyl (C=O) groups is 1. The lowest BCUT2D eigenvalue weighted by molar-refractivity contribution is -0.121. The van der Waals surface area contributed by atoms with Crippen molar-refractivity contribution in [2.75, 3.05) is 44.7 Å². The Kier molecular flexibility index (Phi) is 8.07. The summed E-state index contributed by atoms with van der Waals surface area (Å²) >= 11 is 2.06. The molecule has 0 atom stereocenters. The van der Waals surface area contributed by atoms with Crippen LogP contribution in [0, 0.1) is 0 Å². The summed E-state index contributed by atoms with van der Waals surface area (Å²) in [6.07, 6.45) is 6.49. The molecule has 7 heteroatoms.